The van der Waals surface area contributed by atoms with Gasteiger partial charge in [0.15, 0.2) is 5.65 Å². The smallest absolute Gasteiger partial charge is 0.276 e. The van der Waals surface area contributed by atoms with Gasteiger partial charge in [0.2, 0.25) is 0 Å². The Balaban J connectivity index is 1.88. The third kappa shape index (κ3) is 2.40. The number of aromatic nitrogens is 3. The molecule has 1 aliphatic carbocycles. The van der Waals surface area contributed by atoms with Crippen molar-refractivity contribution in [1.29, 1.82) is 0 Å². The van der Waals surface area contributed by atoms with Crippen LogP contribution in [0, 0.1) is 0 Å². The number of hydrogen-bond acceptors (Lipinski definition) is 2. The molecule has 0 spiro atoms. The fourth-order valence-corrected chi connectivity index (χ4v) is 2.92. The lowest BCUT2D eigenvalue weighted by Gasteiger charge is -2.13. The van der Waals surface area contributed by atoms with Crippen molar-refractivity contribution in [3.05, 3.63) is 85.9 Å². The maximum atomic E-state index is 12.8. The summed E-state index contributed by atoms with van der Waals surface area (Å²) >= 11 is 12.0. The van der Waals surface area contributed by atoms with Crippen molar-refractivity contribution >= 4 is 34.4 Å². The minimum absolute atomic E-state index is 0.109. The van der Waals surface area contributed by atoms with Gasteiger partial charge >= 0.3 is 0 Å². The van der Waals surface area contributed by atoms with Gasteiger partial charge < -0.3 is 0 Å². The first kappa shape index (κ1) is 14.3. The van der Waals surface area contributed by atoms with Crippen LogP contribution in [0.5, 0.6) is 0 Å². The number of benzene rings is 1. The van der Waals surface area contributed by atoms with E-state index >= 15 is 0 Å². The number of hydrogen-bond donors (Lipinski definition) is 1. The number of aromatic amines is 1. The van der Waals surface area contributed by atoms with E-state index in [9.17, 15) is 4.79 Å². The molecule has 0 aliphatic heterocycles. The second-order valence-electron chi connectivity index (χ2n) is 5.31. The van der Waals surface area contributed by atoms with Gasteiger partial charge in [-0.1, -0.05) is 47.5 Å². The van der Waals surface area contributed by atoms with Gasteiger partial charge in [0.05, 0.1) is 21.3 Å². The standard InChI is InChI=1S/C17H11Cl2N3O/c18-13-5-4-10(9-14(13)19)8-12-16(11-2-1-3-11)21-15-6-7-20-22(15)17(12)23/h1-7,9,20H,8H2. The van der Waals surface area contributed by atoms with Crippen molar-refractivity contribution in [2.45, 2.75) is 6.42 Å². The van der Waals surface area contributed by atoms with Crippen LogP contribution in [-0.2, 0) is 6.42 Å². The van der Waals surface area contributed by atoms with E-state index in [0.29, 0.717) is 33.4 Å². The van der Waals surface area contributed by atoms with Crippen molar-refractivity contribution in [1.82, 2.24) is 14.6 Å². The summed E-state index contributed by atoms with van der Waals surface area (Å²) < 4.78 is 1.44. The number of allylic oxidation sites excluding steroid dienone is 4. The Morgan fingerprint density at radius 1 is 1.17 bits per heavy atom. The lowest BCUT2D eigenvalue weighted by molar-refractivity contribution is 0.868. The van der Waals surface area contributed by atoms with E-state index in [1.165, 1.54) is 4.52 Å². The quantitative estimate of drug-likeness (QED) is 0.784. The Hall–Kier alpha value is -2.30. The predicted molar refractivity (Wildman–Crippen MR) is 92.2 cm³/mol. The number of H-pyrrole nitrogens is 1. The van der Waals surface area contributed by atoms with Gasteiger partial charge in [-0.05, 0) is 17.7 Å². The van der Waals surface area contributed by atoms with E-state index < -0.39 is 0 Å². The van der Waals surface area contributed by atoms with E-state index in [0.717, 1.165) is 11.1 Å². The Kier molecular flexibility index (Phi) is 3.36. The average Bonchev–Trinajstić information content (AvgIpc) is 2.93. The molecule has 1 N–H and O–H groups in total. The number of halogens is 2. The van der Waals surface area contributed by atoms with Crippen LogP contribution in [0.2, 0.25) is 10.0 Å². The molecule has 3 aromatic rings. The predicted octanol–water partition coefficient (Wildman–Crippen LogP) is 3.87. The van der Waals surface area contributed by atoms with Gasteiger partial charge in [-0.3, -0.25) is 9.89 Å². The van der Waals surface area contributed by atoms with Crippen LogP contribution >= 0.6 is 23.2 Å². The lowest BCUT2D eigenvalue weighted by Crippen LogP contribution is -2.23. The first-order chi connectivity index (χ1) is 11.1. The van der Waals surface area contributed by atoms with Crippen molar-refractivity contribution in [3.8, 4) is 0 Å². The molecule has 0 radical (unpaired) electrons. The maximum Gasteiger partial charge on any atom is 0.276 e. The summed E-state index contributed by atoms with van der Waals surface area (Å²) in [5.41, 5.74) is 3.70. The van der Waals surface area contributed by atoms with E-state index in [-0.39, 0.29) is 5.56 Å². The highest BCUT2D eigenvalue weighted by atomic mass is 35.5. The third-order valence-corrected chi connectivity index (χ3v) is 4.57. The first-order valence-electron chi connectivity index (χ1n) is 7.05. The molecule has 1 aromatic carbocycles. The Labute approximate surface area is 141 Å². The Bertz CT molecular complexity index is 1040. The number of nitrogens with one attached hydrogen (secondary N) is 1. The highest BCUT2D eigenvalue weighted by Crippen LogP contribution is 2.27. The molecule has 114 valence electrons. The van der Waals surface area contributed by atoms with Gasteiger partial charge in [0.25, 0.3) is 5.56 Å². The SMILES string of the molecule is O=c1c(Cc2ccc(Cl)c(Cl)c2)c(C2=CC=C2)nc2cc[nH]n12. The second-order valence-corrected chi connectivity index (χ2v) is 6.12. The molecule has 0 unspecified atom stereocenters. The highest BCUT2D eigenvalue weighted by molar-refractivity contribution is 6.42. The molecule has 0 fully saturated rings. The van der Waals surface area contributed by atoms with Crippen LogP contribution in [0.1, 0.15) is 16.8 Å². The van der Waals surface area contributed by atoms with Crippen molar-refractivity contribution in [2.75, 3.05) is 0 Å². The Morgan fingerprint density at radius 3 is 2.70 bits per heavy atom. The molecule has 4 nitrogen and oxygen atoms in total. The summed E-state index contributed by atoms with van der Waals surface area (Å²) in [5, 5.41) is 3.86. The number of nitrogens with zero attached hydrogens (tertiary/aromatic N) is 2. The van der Waals surface area contributed by atoms with Gasteiger partial charge in [0.1, 0.15) is 0 Å². The molecule has 6 heteroatoms. The van der Waals surface area contributed by atoms with Crippen LogP contribution in [0.4, 0.5) is 0 Å². The van der Waals surface area contributed by atoms with Gasteiger partial charge in [-0.2, -0.15) is 0 Å². The van der Waals surface area contributed by atoms with Crippen LogP contribution in [0.3, 0.4) is 0 Å². The van der Waals surface area contributed by atoms with Gasteiger partial charge in [-0.25, -0.2) is 9.50 Å². The van der Waals surface area contributed by atoms with Crippen molar-refractivity contribution < 1.29 is 0 Å². The van der Waals surface area contributed by atoms with Crippen LogP contribution in [0.15, 0.2) is 53.5 Å². The molecule has 0 bridgehead atoms. The minimum atomic E-state index is -0.109. The summed E-state index contributed by atoms with van der Waals surface area (Å²) in [6.07, 6.45) is 7.96. The van der Waals surface area contributed by atoms with Crippen molar-refractivity contribution in [2.24, 2.45) is 0 Å². The van der Waals surface area contributed by atoms with Gasteiger partial charge in [-0.15, -0.1) is 0 Å². The molecule has 0 saturated carbocycles. The molecule has 4 rings (SSSR count). The summed E-state index contributed by atoms with van der Waals surface area (Å²) in [4.78, 5) is 17.4. The van der Waals surface area contributed by atoms with E-state index in [1.807, 2.05) is 24.3 Å². The van der Waals surface area contributed by atoms with Crippen LogP contribution < -0.4 is 5.56 Å². The molecular weight excluding hydrogens is 333 g/mol. The zero-order valence-corrected chi connectivity index (χ0v) is 13.4. The zero-order valence-electron chi connectivity index (χ0n) is 11.9. The van der Waals surface area contributed by atoms with E-state index in [4.69, 9.17) is 23.2 Å². The summed E-state index contributed by atoms with van der Waals surface area (Å²) in [6, 6.07) is 7.16. The fraction of sp³-hybridized carbons (Fsp3) is 0.0588. The van der Waals surface area contributed by atoms with Gasteiger partial charge in [0, 0.05) is 24.3 Å². The van der Waals surface area contributed by atoms with Crippen LogP contribution in [-0.4, -0.2) is 14.6 Å². The van der Waals surface area contributed by atoms with E-state index in [2.05, 4.69) is 10.1 Å². The molecule has 0 saturated heterocycles. The van der Waals surface area contributed by atoms with Crippen LogP contribution in [0.25, 0.3) is 11.2 Å². The molecular formula is C17H11Cl2N3O. The largest absolute Gasteiger partial charge is 0.297 e. The molecule has 2 heterocycles. The summed E-state index contributed by atoms with van der Waals surface area (Å²) in [6.45, 7) is 0. The average molecular weight is 344 g/mol. The Morgan fingerprint density at radius 2 is 2.00 bits per heavy atom. The number of rotatable bonds is 3. The first-order valence-corrected chi connectivity index (χ1v) is 7.81. The molecule has 2 aromatic heterocycles. The van der Waals surface area contributed by atoms with Crippen molar-refractivity contribution in [3.63, 3.8) is 0 Å². The second kappa shape index (κ2) is 5.41. The molecule has 0 amide bonds. The lowest BCUT2D eigenvalue weighted by atomic mass is 9.97. The zero-order chi connectivity index (χ0) is 16.0. The van der Waals surface area contributed by atoms with E-state index in [1.54, 1.807) is 24.4 Å². The summed E-state index contributed by atoms with van der Waals surface area (Å²) in [5.74, 6) is 0. The topological polar surface area (TPSA) is 50.2 Å². The summed E-state index contributed by atoms with van der Waals surface area (Å²) in [7, 11) is 0. The molecule has 1 aliphatic rings. The minimum Gasteiger partial charge on any atom is -0.297 e. The monoisotopic (exact) mass is 343 g/mol. The number of fused-ring (bicyclic) bond motifs is 1. The molecule has 0 atom stereocenters. The third-order valence-electron chi connectivity index (χ3n) is 3.83. The fourth-order valence-electron chi connectivity index (χ4n) is 2.60. The normalized spacial score (nSPS) is 13.2. The highest BCUT2D eigenvalue weighted by Gasteiger charge is 2.18. The molecule has 23 heavy (non-hydrogen) atoms. The maximum absolute atomic E-state index is 12.8.